The van der Waals surface area contributed by atoms with Gasteiger partial charge in [0, 0.05) is 19.1 Å². The summed E-state index contributed by atoms with van der Waals surface area (Å²) in [5.74, 6) is 0.306. The largest absolute Gasteiger partial charge is 0.341 e. The van der Waals surface area contributed by atoms with E-state index in [9.17, 15) is 14.4 Å². The Labute approximate surface area is 184 Å². The number of nitrogens with zero attached hydrogens (tertiary/aromatic N) is 2. The highest BCUT2D eigenvalue weighted by Crippen LogP contribution is 2.29. The molecule has 3 fully saturated rings. The molecule has 4 rings (SSSR count). The highest BCUT2D eigenvalue weighted by Gasteiger charge is 2.49. The van der Waals surface area contributed by atoms with Gasteiger partial charge in [0.2, 0.25) is 5.91 Å². The maximum atomic E-state index is 13.0. The van der Waals surface area contributed by atoms with Crippen LogP contribution in [0.25, 0.3) is 0 Å². The van der Waals surface area contributed by atoms with Gasteiger partial charge < -0.3 is 15.5 Å². The van der Waals surface area contributed by atoms with Crippen molar-refractivity contribution >= 4 is 30.3 Å². The molecule has 4 amide bonds. The second-order valence-corrected chi connectivity index (χ2v) is 8.82. The van der Waals surface area contributed by atoms with Crippen LogP contribution in [-0.2, 0) is 15.1 Å². The van der Waals surface area contributed by atoms with Crippen molar-refractivity contribution in [2.24, 2.45) is 5.92 Å². The lowest BCUT2D eigenvalue weighted by atomic mass is 9.91. The number of piperidine rings is 1. The predicted octanol–water partition coefficient (Wildman–Crippen LogP) is 2.17. The van der Waals surface area contributed by atoms with E-state index in [1.165, 1.54) is 12.8 Å². The summed E-state index contributed by atoms with van der Waals surface area (Å²) in [5.41, 5.74) is 0.667. The van der Waals surface area contributed by atoms with Crippen LogP contribution in [-0.4, -0.2) is 59.9 Å². The molecule has 0 aromatic heterocycles. The van der Waals surface area contributed by atoms with Crippen molar-refractivity contribution in [3.8, 4) is 0 Å². The Hall–Kier alpha value is -2.12. The summed E-state index contributed by atoms with van der Waals surface area (Å²) in [6.07, 6.45) is 4.49. The van der Waals surface area contributed by atoms with Crippen LogP contribution in [0.5, 0.6) is 0 Å². The topological polar surface area (TPSA) is 81.8 Å². The number of halogens is 1. The van der Waals surface area contributed by atoms with Crippen molar-refractivity contribution in [3.63, 3.8) is 0 Å². The van der Waals surface area contributed by atoms with Crippen molar-refractivity contribution in [3.05, 3.63) is 35.4 Å². The van der Waals surface area contributed by atoms with Gasteiger partial charge in [0.25, 0.3) is 5.91 Å². The van der Waals surface area contributed by atoms with Crippen LogP contribution < -0.4 is 10.6 Å². The zero-order valence-electron chi connectivity index (χ0n) is 17.6. The quantitative estimate of drug-likeness (QED) is 0.672. The van der Waals surface area contributed by atoms with Crippen LogP contribution in [0, 0.1) is 12.8 Å². The number of aryl methyl sites for hydroxylation is 1. The molecule has 3 aliphatic rings. The minimum atomic E-state index is -1.13. The number of hydrogen-bond acceptors (Lipinski definition) is 4. The number of carbonyl (C=O) groups is 3. The van der Waals surface area contributed by atoms with Crippen molar-refractivity contribution in [2.75, 3.05) is 26.2 Å². The minimum Gasteiger partial charge on any atom is -0.341 e. The predicted molar refractivity (Wildman–Crippen MR) is 116 cm³/mol. The summed E-state index contributed by atoms with van der Waals surface area (Å²) in [5, 5.41) is 6.37. The lowest BCUT2D eigenvalue weighted by molar-refractivity contribution is -0.139. The molecule has 2 N–H and O–H groups in total. The van der Waals surface area contributed by atoms with E-state index in [0.29, 0.717) is 19.1 Å². The standard InChI is InChI=1S/C22H30N4O3.ClH/c1-15-3-7-17(8-4-15)22(2)20(28)26(21(29)24-22)14-19(27)25-11-9-18(10-12-25)23-13-16-5-6-16;/h3-4,7-8,16,18,23H,5-6,9-14H2,1-2H3,(H,24,29);1H. The van der Waals surface area contributed by atoms with Gasteiger partial charge in [0.15, 0.2) is 0 Å². The summed E-state index contributed by atoms with van der Waals surface area (Å²) in [4.78, 5) is 41.1. The first-order valence-corrected chi connectivity index (χ1v) is 10.6. The Morgan fingerprint density at radius 2 is 1.77 bits per heavy atom. The molecule has 30 heavy (non-hydrogen) atoms. The number of benzene rings is 1. The fourth-order valence-corrected chi connectivity index (χ4v) is 4.15. The molecule has 1 atom stereocenters. The van der Waals surface area contributed by atoms with Crippen LogP contribution in [0.4, 0.5) is 4.79 Å². The van der Waals surface area contributed by atoms with Gasteiger partial charge in [0.05, 0.1) is 0 Å². The summed E-state index contributed by atoms with van der Waals surface area (Å²) >= 11 is 0. The lowest BCUT2D eigenvalue weighted by Gasteiger charge is -2.33. The van der Waals surface area contributed by atoms with E-state index in [2.05, 4.69) is 10.6 Å². The Kier molecular flexibility index (Phi) is 6.72. The number of carbonyl (C=O) groups excluding carboxylic acids is 3. The maximum Gasteiger partial charge on any atom is 0.325 e. The minimum absolute atomic E-state index is 0. The maximum absolute atomic E-state index is 13.0. The summed E-state index contributed by atoms with van der Waals surface area (Å²) in [6, 6.07) is 7.47. The Balaban J connectivity index is 0.00000256. The van der Waals surface area contributed by atoms with Gasteiger partial charge >= 0.3 is 6.03 Å². The van der Waals surface area contributed by atoms with Crippen LogP contribution >= 0.6 is 12.4 Å². The van der Waals surface area contributed by atoms with Gasteiger partial charge in [-0.3, -0.25) is 14.5 Å². The summed E-state index contributed by atoms with van der Waals surface area (Å²) < 4.78 is 0. The molecule has 1 aromatic rings. The van der Waals surface area contributed by atoms with E-state index in [-0.39, 0.29) is 30.8 Å². The molecule has 1 aromatic carbocycles. The van der Waals surface area contributed by atoms with E-state index in [1.54, 1.807) is 11.8 Å². The van der Waals surface area contributed by atoms with Gasteiger partial charge in [-0.25, -0.2) is 4.79 Å². The van der Waals surface area contributed by atoms with E-state index in [0.717, 1.165) is 41.3 Å². The van der Waals surface area contributed by atoms with Crippen LogP contribution in [0.15, 0.2) is 24.3 Å². The number of amides is 4. The van der Waals surface area contributed by atoms with E-state index in [1.807, 2.05) is 31.2 Å². The third-order valence-electron chi connectivity index (χ3n) is 6.44. The van der Waals surface area contributed by atoms with Crippen molar-refractivity contribution in [2.45, 2.75) is 51.1 Å². The molecule has 0 radical (unpaired) electrons. The summed E-state index contributed by atoms with van der Waals surface area (Å²) in [6.45, 7) is 5.88. The molecule has 164 valence electrons. The highest BCUT2D eigenvalue weighted by atomic mass is 35.5. The Morgan fingerprint density at radius 1 is 1.13 bits per heavy atom. The van der Waals surface area contributed by atoms with E-state index < -0.39 is 11.6 Å². The molecule has 8 heteroatoms. The SMILES string of the molecule is Cc1ccc(C2(C)NC(=O)N(CC(=O)N3CCC(NCC4CC4)CC3)C2=O)cc1.Cl. The molecule has 1 saturated carbocycles. The average Bonchev–Trinajstić information content (AvgIpc) is 3.51. The highest BCUT2D eigenvalue weighted by molar-refractivity contribution is 6.09. The lowest BCUT2D eigenvalue weighted by Crippen LogP contribution is -2.49. The molecular weight excluding hydrogens is 404 g/mol. The van der Waals surface area contributed by atoms with Crippen molar-refractivity contribution in [1.29, 1.82) is 0 Å². The zero-order valence-corrected chi connectivity index (χ0v) is 18.5. The summed E-state index contributed by atoms with van der Waals surface area (Å²) in [7, 11) is 0. The fraction of sp³-hybridized carbons (Fsp3) is 0.591. The second-order valence-electron chi connectivity index (χ2n) is 8.82. The molecule has 0 spiro atoms. The number of urea groups is 1. The van der Waals surface area contributed by atoms with Gasteiger partial charge in [-0.1, -0.05) is 29.8 Å². The number of hydrogen-bond donors (Lipinski definition) is 2. The fourth-order valence-electron chi connectivity index (χ4n) is 4.15. The molecule has 2 heterocycles. The first-order valence-electron chi connectivity index (χ1n) is 10.6. The third kappa shape index (κ3) is 4.62. The molecule has 1 unspecified atom stereocenters. The third-order valence-corrected chi connectivity index (χ3v) is 6.44. The van der Waals surface area contributed by atoms with Crippen LogP contribution in [0.2, 0.25) is 0 Å². The Bertz CT molecular complexity index is 803. The second kappa shape index (κ2) is 8.94. The number of nitrogens with one attached hydrogen (secondary N) is 2. The molecule has 2 saturated heterocycles. The number of rotatable bonds is 6. The van der Waals surface area contributed by atoms with E-state index >= 15 is 0 Å². The molecule has 0 bridgehead atoms. The average molecular weight is 435 g/mol. The monoisotopic (exact) mass is 434 g/mol. The van der Waals surface area contributed by atoms with Crippen molar-refractivity contribution < 1.29 is 14.4 Å². The smallest absolute Gasteiger partial charge is 0.325 e. The van der Waals surface area contributed by atoms with Crippen LogP contribution in [0.3, 0.4) is 0 Å². The van der Waals surface area contributed by atoms with Gasteiger partial charge in [0.1, 0.15) is 12.1 Å². The van der Waals surface area contributed by atoms with Gasteiger partial charge in [-0.2, -0.15) is 0 Å². The normalized spacial score (nSPS) is 24.6. The zero-order chi connectivity index (χ0) is 20.6. The number of likely N-dealkylation sites (tertiary alicyclic amines) is 1. The number of imide groups is 1. The van der Waals surface area contributed by atoms with Gasteiger partial charge in [-0.05, 0) is 57.6 Å². The molecule has 7 nitrogen and oxygen atoms in total. The first kappa shape index (κ1) is 22.6. The molecule has 1 aliphatic carbocycles. The van der Waals surface area contributed by atoms with Crippen LogP contribution in [0.1, 0.15) is 43.7 Å². The molecule has 2 aliphatic heterocycles. The Morgan fingerprint density at radius 3 is 2.37 bits per heavy atom. The van der Waals surface area contributed by atoms with Gasteiger partial charge in [-0.15, -0.1) is 12.4 Å². The first-order chi connectivity index (χ1) is 13.9. The van der Waals surface area contributed by atoms with Crippen molar-refractivity contribution in [1.82, 2.24) is 20.4 Å². The van der Waals surface area contributed by atoms with E-state index in [4.69, 9.17) is 0 Å². The molecular formula is C22H31ClN4O3.